The Hall–Kier alpha value is -1.39. The number of aryl methyl sites for hydroxylation is 1. The SMILES string of the molecule is O=C(CCCCCCCCCCCCCCc1ccccc1)OCCN1CCOCC1. The third kappa shape index (κ3) is 14.3. The van der Waals surface area contributed by atoms with E-state index in [0.717, 1.165) is 45.7 Å². The molecule has 1 aliphatic heterocycles. The van der Waals surface area contributed by atoms with Gasteiger partial charge in [0.15, 0.2) is 0 Å². The van der Waals surface area contributed by atoms with Crippen molar-refractivity contribution in [1.82, 2.24) is 4.90 Å². The van der Waals surface area contributed by atoms with Gasteiger partial charge >= 0.3 is 5.97 Å². The highest BCUT2D eigenvalue weighted by atomic mass is 16.5. The first-order valence-electron chi connectivity index (χ1n) is 12.8. The molecular weight excluding hydrogens is 386 g/mol. The number of hydrogen-bond acceptors (Lipinski definition) is 4. The van der Waals surface area contributed by atoms with Gasteiger partial charge in [0.1, 0.15) is 6.61 Å². The summed E-state index contributed by atoms with van der Waals surface area (Å²) in [6.45, 7) is 4.85. The lowest BCUT2D eigenvalue weighted by Crippen LogP contribution is -2.38. The van der Waals surface area contributed by atoms with E-state index < -0.39 is 0 Å². The van der Waals surface area contributed by atoms with Crippen molar-refractivity contribution in [2.24, 2.45) is 0 Å². The van der Waals surface area contributed by atoms with E-state index in [1.165, 1.54) is 76.2 Å². The van der Waals surface area contributed by atoms with E-state index in [0.29, 0.717) is 13.0 Å². The summed E-state index contributed by atoms with van der Waals surface area (Å²) in [5.74, 6) is -0.0305. The minimum Gasteiger partial charge on any atom is -0.464 e. The van der Waals surface area contributed by atoms with Gasteiger partial charge in [-0.25, -0.2) is 0 Å². The first-order chi connectivity index (χ1) is 15.3. The number of carbonyl (C=O) groups excluding carboxylic acids is 1. The lowest BCUT2D eigenvalue weighted by molar-refractivity contribution is -0.144. The highest BCUT2D eigenvalue weighted by Gasteiger charge is 2.10. The van der Waals surface area contributed by atoms with Crippen LogP contribution in [0.1, 0.15) is 89.0 Å². The van der Waals surface area contributed by atoms with Crippen molar-refractivity contribution >= 4 is 5.97 Å². The van der Waals surface area contributed by atoms with Gasteiger partial charge in [-0.1, -0.05) is 94.5 Å². The van der Waals surface area contributed by atoms with Gasteiger partial charge in [0, 0.05) is 26.1 Å². The first kappa shape index (κ1) is 25.9. The molecule has 0 saturated carbocycles. The average Bonchev–Trinajstić information content (AvgIpc) is 2.80. The van der Waals surface area contributed by atoms with Crippen LogP contribution in [0.25, 0.3) is 0 Å². The fraction of sp³-hybridized carbons (Fsp3) is 0.741. The smallest absolute Gasteiger partial charge is 0.305 e. The van der Waals surface area contributed by atoms with Gasteiger partial charge in [-0.05, 0) is 24.8 Å². The third-order valence-corrected chi connectivity index (χ3v) is 6.21. The molecule has 31 heavy (non-hydrogen) atoms. The molecule has 1 fully saturated rings. The Kier molecular flexibility index (Phi) is 15.2. The van der Waals surface area contributed by atoms with Crippen LogP contribution >= 0.6 is 0 Å². The summed E-state index contributed by atoms with van der Waals surface area (Å²) >= 11 is 0. The van der Waals surface area contributed by atoms with Crippen LogP contribution < -0.4 is 0 Å². The number of unbranched alkanes of at least 4 members (excludes halogenated alkanes) is 11. The molecule has 1 saturated heterocycles. The van der Waals surface area contributed by atoms with Crippen LogP contribution in [-0.4, -0.2) is 50.3 Å². The van der Waals surface area contributed by atoms with E-state index in [-0.39, 0.29) is 5.97 Å². The molecule has 0 aliphatic carbocycles. The maximum Gasteiger partial charge on any atom is 0.305 e. The molecule has 0 amide bonds. The second-order valence-electron chi connectivity index (χ2n) is 8.90. The van der Waals surface area contributed by atoms with Crippen LogP contribution in [-0.2, 0) is 20.7 Å². The Morgan fingerprint density at radius 1 is 0.774 bits per heavy atom. The molecule has 0 radical (unpaired) electrons. The Morgan fingerprint density at radius 2 is 1.32 bits per heavy atom. The van der Waals surface area contributed by atoms with Gasteiger partial charge < -0.3 is 9.47 Å². The van der Waals surface area contributed by atoms with Crippen molar-refractivity contribution in [3.63, 3.8) is 0 Å². The molecule has 0 bridgehead atoms. The van der Waals surface area contributed by atoms with Crippen molar-refractivity contribution < 1.29 is 14.3 Å². The Morgan fingerprint density at radius 3 is 1.94 bits per heavy atom. The summed E-state index contributed by atoms with van der Waals surface area (Å²) in [4.78, 5) is 14.1. The van der Waals surface area contributed by atoms with Crippen LogP contribution in [0.15, 0.2) is 30.3 Å². The molecule has 1 heterocycles. The van der Waals surface area contributed by atoms with E-state index in [1.54, 1.807) is 0 Å². The van der Waals surface area contributed by atoms with Crippen LogP contribution in [0.4, 0.5) is 0 Å². The van der Waals surface area contributed by atoms with E-state index in [1.807, 2.05) is 0 Å². The Balaban J connectivity index is 1.25. The minimum absolute atomic E-state index is 0.0305. The quantitative estimate of drug-likeness (QED) is 0.206. The topological polar surface area (TPSA) is 38.8 Å². The van der Waals surface area contributed by atoms with Gasteiger partial charge in [-0.3, -0.25) is 9.69 Å². The number of benzene rings is 1. The maximum atomic E-state index is 11.8. The average molecular weight is 432 g/mol. The normalized spacial score (nSPS) is 14.6. The summed E-state index contributed by atoms with van der Waals surface area (Å²) in [5.41, 5.74) is 1.48. The molecule has 4 heteroatoms. The van der Waals surface area contributed by atoms with Crippen molar-refractivity contribution in [3.05, 3.63) is 35.9 Å². The number of ether oxygens (including phenoxy) is 2. The fourth-order valence-corrected chi connectivity index (χ4v) is 4.20. The van der Waals surface area contributed by atoms with E-state index >= 15 is 0 Å². The highest BCUT2D eigenvalue weighted by Crippen LogP contribution is 2.14. The van der Waals surface area contributed by atoms with E-state index in [2.05, 4.69) is 35.2 Å². The zero-order valence-corrected chi connectivity index (χ0v) is 19.7. The number of esters is 1. The minimum atomic E-state index is -0.0305. The predicted octanol–water partition coefficient (Wildman–Crippen LogP) is 6.18. The van der Waals surface area contributed by atoms with Crippen molar-refractivity contribution in [2.45, 2.75) is 89.9 Å². The summed E-state index contributed by atoms with van der Waals surface area (Å²) in [5, 5.41) is 0. The van der Waals surface area contributed by atoms with Crippen LogP contribution in [0.2, 0.25) is 0 Å². The number of nitrogens with zero attached hydrogens (tertiary/aromatic N) is 1. The molecule has 0 spiro atoms. The van der Waals surface area contributed by atoms with Crippen molar-refractivity contribution in [3.8, 4) is 0 Å². The molecule has 0 aromatic heterocycles. The van der Waals surface area contributed by atoms with Gasteiger partial charge in [-0.2, -0.15) is 0 Å². The van der Waals surface area contributed by atoms with E-state index in [9.17, 15) is 4.79 Å². The number of rotatable bonds is 18. The molecular formula is C27H45NO3. The van der Waals surface area contributed by atoms with Crippen molar-refractivity contribution in [2.75, 3.05) is 39.5 Å². The molecule has 0 atom stereocenters. The molecule has 0 unspecified atom stereocenters. The highest BCUT2D eigenvalue weighted by molar-refractivity contribution is 5.69. The lowest BCUT2D eigenvalue weighted by Gasteiger charge is -2.26. The Bertz CT molecular complexity index is 543. The van der Waals surface area contributed by atoms with E-state index in [4.69, 9.17) is 9.47 Å². The van der Waals surface area contributed by atoms with Gasteiger partial charge in [-0.15, -0.1) is 0 Å². The van der Waals surface area contributed by atoms with Crippen LogP contribution in [0.3, 0.4) is 0 Å². The fourth-order valence-electron chi connectivity index (χ4n) is 4.20. The van der Waals surface area contributed by atoms with Crippen LogP contribution in [0.5, 0.6) is 0 Å². The zero-order valence-electron chi connectivity index (χ0n) is 19.7. The van der Waals surface area contributed by atoms with Crippen molar-refractivity contribution in [1.29, 1.82) is 0 Å². The van der Waals surface area contributed by atoms with Gasteiger partial charge in [0.25, 0.3) is 0 Å². The zero-order chi connectivity index (χ0) is 21.8. The summed E-state index contributed by atoms with van der Waals surface area (Å²) in [7, 11) is 0. The maximum absolute atomic E-state index is 11.8. The second-order valence-corrected chi connectivity index (χ2v) is 8.90. The van der Waals surface area contributed by atoms with Gasteiger partial charge in [0.05, 0.1) is 13.2 Å². The molecule has 0 N–H and O–H groups in total. The molecule has 176 valence electrons. The molecule has 1 aliphatic rings. The largest absolute Gasteiger partial charge is 0.464 e. The number of hydrogen-bond donors (Lipinski definition) is 0. The molecule has 4 nitrogen and oxygen atoms in total. The summed E-state index contributed by atoms with van der Waals surface area (Å²) in [6, 6.07) is 10.8. The number of morpholine rings is 1. The monoisotopic (exact) mass is 431 g/mol. The van der Waals surface area contributed by atoms with Crippen LogP contribution in [0, 0.1) is 0 Å². The molecule has 1 aromatic rings. The molecule has 2 rings (SSSR count). The Labute approximate surface area is 190 Å². The standard InChI is InChI=1S/C27H45NO3/c29-27(31-25-22-28-20-23-30-24-21-28)19-15-10-8-6-4-2-1-3-5-7-9-12-16-26-17-13-11-14-18-26/h11,13-14,17-18H,1-10,12,15-16,19-25H2. The van der Waals surface area contributed by atoms with Gasteiger partial charge in [0.2, 0.25) is 0 Å². The summed E-state index contributed by atoms with van der Waals surface area (Å²) < 4.78 is 10.7. The number of carbonyl (C=O) groups is 1. The third-order valence-electron chi connectivity index (χ3n) is 6.21. The first-order valence-corrected chi connectivity index (χ1v) is 12.8. The lowest BCUT2D eigenvalue weighted by atomic mass is 10.0. The second kappa shape index (κ2) is 18.2. The summed E-state index contributed by atoms with van der Waals surface area (Å²) in [6.07, 6.45) is 17.4. The molecule has 1 aromatic carbocycles. The predicted molar refractivity (Wildman–Crippen MR) is 128 cm³/mol.